The quantitative estimate of drug-likeness (QED) is 0.779. The third-order valence-corrected chi connectivity index (χ3v) is 5.35. The van der Waals surface area contributed by atoms with Crippen LogP contribution in [0.2, 0.25) is 0 Å². The highest BCUT2D eigenvalue weighted by Gasteiger charge is 2.50. The van der Waals surface area contributed by atoms with E-state index >= 15 is 0 Å². The second kappa shape index (κ2) is 4.88. The summed E-state index contributed by atoms with van der Waals surface area (Å²) in [6, 6.07) is 12.6. The maximum Gasteiger partial charge on any atom is 0.198 e. The number of fused-ring (bicyclic) bond motifs is 4. The lowest BCUT2D eigenvalue weighted by Crippen LogP contribution is -2.54. The van der Waals surface area contributed by atoms with Crippen LogP contribution in [0.3, 0.4) is 0 Å². The van der Waals surface area contributed by atoms with Crippen LogP contribution in [0, 0.1) is 0 Å². The molecule has 1 aliphatic carbocycles. The van der Waals surface area contributed by atoms with E-state index in [4.69, 9.17) is 14.3 Å². The monoisotopic (exact) mass is 308 g/mol. The smallest absolute Gasteiger partial charge is 0.198 e. The largest absolute Gasteiger partial charge is 0.466 e. The van der Waals surface area contributed by atoms with E-state index in [-0.39, 0.29) is 11.8 Å². The van der Waals surface area contributed by atoms with Crippen molar-refractivity contribution in [3.05, 3.63) is 54.0 Å². The molecular weight excluding hydrogens is 288 g/mol. The topological polar surface area (TPSA) is 38.0 Å². The van der Waals surface area contributed by atoms with E-state index in [1.165, 1.54) is 24.8 Å². The zero-order valence-electron chi connectivity index (χ0n) is 13.1. The number of furan rings is 1. The molecule has 1 atom stereocenters. The second-order valence-corrected chi connectivity index (χ2v) is 6.74. The Kier molecular flexibility index (Phi) is 2.81. The van der Waals surface area contributed by atoms with Crippen LogP contribution in [0.15, 0.2) is 52.2 Å². The minimum absolute atomic E-state index is 0.262. The molecule has 0 N–H and O–H groups in total. The number of hydrazone groups is 1. The molecule has 5 rings (SSSR count). The van der Waals surface area contributed by atoms with Crippen LogP contribution in [0.1, 0.15) is 55.9 Å². The Morgan fingerprint density at radius 1 is 1.04 bits per heavy atom. The zero-order chi connectivity index (χ0) is 15.3. The van der Waals surface area contributed by atoms with Crippen LogP contribution in [0.5, 0.6) is 5.75 Å². The first-order chi connectivity index (χ1) is 11.4. The van der Waals surface area contributed by atoms with Gasteiger partial charge in [0.15, 0.2) is 5.72 Å². The van der Waals surface area contributed by atoms with Crippen LogP contribution in [-0.2, 0) is 0 Å². The van der Waals surface area contributed by atoms with Gasteiger partial charge in [-0.25, -0.2) is 5.01 Å². The molecule has 0 amide bonds. The fourth-order valence-corrected chi connectivity index (χ4v) is 4.26. The van der Waals surface area contributed by atoms with Crippen molar-refractivity contribution in [3.63, 3.8) is 0 Å². The molecule has 2 aliphatic heterocycles. The van der Waals surface area contributed by atoms with Crippen LogP contribution < -0.4 is 4.74 Å². The summed E-state index contributed by atoms with van der Waals surface area (Å²) >= 11 is 0. The summed E-state index contributed by atoms with van der Waals surface area (Å²) in [6.45, 7) is 0. The number of hydrogen-bond acceptors (Lipinski definition) is 4. The summed E-state index contributed by atoms with van der Waals surface area (Å²) in [5, 5.41) is 7.20. The molecule has 1 spiro atoms. The Labute approximate surface area is 135 Å². The molecule has 3 aliphatic rings. The third kappa shape index (κ3) is 1.94. The molecule has 1 fully saturated rings. The molecule has 4 heteroatoms. The standard InChI is InChI=1S/C19H20N2O2/c1-4-10-19(11-5-1)21-16(14-7-2-3-8-17(14)23-19)13-15(20-21)18-9-6-12-22-18/h2-3,6-9,12,16H,1,4-5,10-11,13H2/t16-/m1/s1. The minimum Gasteiger partial charge on any atom is -0.466 e. The first kappa shape index (κ1) is 13.2. The number of para-hydroxylation sites is 1. The highest BCUT2D eigenvalue weighted by Crippen LogP contribution is 2.51. The van der Waals surface area contributed by atoms with Gasteiger partial charge in [0.25, 0.3) is 0 Å². The SMILES string of the molecule is c1coc(C2=NN3[C@H](C2)c2ccccc2OC32CCCCC2)c1. The van der Waals surface area contributed by atoms with Crippen molar-refractivity contribution >= 4 is 5.71 Å². The van der Waals surface area contributed by atoms with Crippen molar-refractivity contribution in [1.29, 1.82) is 0 Å². The van der Waals surface area contributed by atoms with Gasteiger partial charge in [-0.05, 0) is 31.0 Å². The summed E-state index contributed by atoms with van der Waals surface area (Å²) in [7, 11) is 0. The van der Waals surface area contributed by atoms with Gasteiger partial charge in [-0.2, -0.15) is 5.10 Å². The van der Waals surface area contributed by atoms with Gasteiger partial charge in [0.05, 0.1) is 12.3 Å². The van der Waals surface area contributed by atoms with Gasteiger partial charge in [0.2, 0.25) is 0 Å². The molecule has 1 aromatic heterocycles. The number of hydrogen-bond donors (Lipinski definition) is 0. The second-order valence-electron chi connectivity index (χ2n) is 6.74. The Bertz CT molecular complexity index is 744. The highest BCUT2D eigenvalue weighted by atomic mass is 16.5. The number of ether oxygens (including phenoxy) is 1. The number of nitrogens with zero attached hydrogens (tertiary/aromatic N) is 2. The summed E-state index contributed by atoms with van der Waals surface area (Å²) in [4.78, 5) is 0. The fourth-order valence-electron chi connectivity index (χ4n) is 4.26. The van der Waals surface area contributed by atoms with E-state index in [0.29, 0.717) is 0 Å². The fraction of sp³-hybridized carbons (Fsp3) is 0.421. The molecule has 118 valence electrons. The van der Waals surface area contributed by atoms with Crippen molar-refractivity contribution in [2.24, 2.45) is 5.10 Å². The summed E-state index contributed by atoms with van der Waals surface area (Å²) in [5.74, 6) is 1.91. The van der Waals surface area contributed by atoms with E-state index in [1.807, 2.05) is 12.1 Å². The van der Waals surface area contributed by atoms with E-state index in [2.05, 4.69) is 29.3 Å². The number of rotatable bonds is 1. The normalized spacial score (nSPS) is 24.8. The Balaban J connectivity index is 1.61. The van der Waals surface area contributed by atoms with Crippen molar-refractivity contribution in [2.75, 3.05) is 0 Å². The van der Waals surface area contributed by atoms with E-state index in [1.54, 1.807) is 6.26 Å². The van der Waals surface area contributed by atoms with E-state index in [0.717, 1.165) is 36.5 Å². The molecule has 4 nitrogen and oxygen atoms in total. The average Bonchev–Trinajstić information content (AvgIpc) is 3.26. The van der Waals surface area contributed by atoms with Crippen LogP contribution in [-0.4, -0.2) is 16.4 Å². The predicted molar refractivity (Wildman–Crippen MR) is 87.3 cm³/mol. The lowest BCUT2D eigenvalue weighted by atomic mass is 9.87. The molecule has 23 heavy (non-hydrogen) atoms. The lowest BCUT2D eigenvalue weighted by molar-refractivity contribution is -0.140. The lowest BCUT2D eigenvalue weighted by Gasteiger charge is -2.49. The third-order valence-electron chi connectivity index (χ3n) is 5.35. The molecule has 1 aromatic carbocycles. The Morgan fingerprint density at radius 3 is 2.74 bits per heavy atom. The summed E-state index contributed by atoms with van der Waals surface area (Å²) in [6.07, 6.45) is 8.40. The van der Waals surface area contributed by atoms with Gasteiger partial charge in [-0.1, -0.05) is 24.6 Å². The molecule has 3 heterocycles. The maximum atomic E-state index is 6.53. The number of benzene rings is 1. The predicted octanol–water partition coefficient (Wildman–Crippen LogP) is 4.48. The van der Waals surface area contributed by atoms with Crippen molar-refractivity contribution in [3.8, 4) is 5.75 Å². The molecule has 0 unspecified atom stereocenters. The zero-order valence-corrected chi connectivity index (χ0v) is 13.1. The first-order valence-corrected chi connectivity index (χ1v) is 8.54. The Hall–Kier alpha value is -2.23. The molecular formula is C19H20N2O2. The minimum atomic E-state index is -0.272. The van der Waals surface area contributed by atoms with E-state index in [9.17, 15) is 0 Å². The van der Waals surface area contributed by atoms with Gasteiger partial charge in [-0.15, -0.1) is 0 Å². The average molecular weight is 308 g/mol. The maximum absolute atomic E-state index is 6.53. The van der Waals surface area contributed by atoms with Crippen molar-refractivity contribution < 1.29 is 9.15 Å². The van der Waals surface area contributed by atoms with Gasteiger partial charge < -0.3 is 9.15 Å². The molecule has 0 radical (unpaired) electrons. The van der Waals surface area contributed by atoms with Gasteiger partial charge in [0.1, 0.15) is 17.2 Å². The molecule has 0 saturated heterocycles. The highest BCUT2D eigenvalue weighted by molar-refractivity contribution is 5.99. The van der Waals surface area contributed by atoms with Crippen LogP contribution >= 0.6 is 0 Å². The van der Waals surface area contributed by atoms with Gasteiger partial charge >= 0.3 is 0 Å². The Morgan fingerprint density at radius 2 is 1.91 bits per heavy atom. The van der Waals surface area contributed by atoms with Crippen LogP contribution in [0.25, 0.3) is 0 Å². The summed E-state index contributed by atoms with van der Waals surface area (Å²) < 4.78 is 12.1. The summed E-state index contributed by atoms with van der Waals surface area (Å²) in [5.41, 5.74) is 2.00. The molecule has 0 bridgehead atoms. The van der Waals surface area contributed by atoms with Crippen LogP contribution in [0.4, 0.5) is 0 Å². The van der Waals surface area contributed by atoms with Gasteiger partial charge in [0, 0.05) is 24.8 Å². The van der Waals surface area contributed by atoms with E-state index < -0.39 is 0 Å². The van der Waals surface area contributed by atoms with Crippen molar-refractivity contribution in [2.45, 2.75) is 50.3 Å². The molecule has 1 saturated carbocycles. The van der Waals surface area contributed by atoms with Gasteiger partial charge in [-0.3, -0.25) is 0 Å². The molecule has 2 aromatic rings. The first-order valence-electron chi connectivity index (χ1n) is 8.54. The van der Waals surface area contributed by atoms with Crippen molar-refractivity contribution in [1.82, 2.24) is 5.01 Å².